The average molecular weight is 219 g/mol. The van der Waals surface area contributed by atoms with Crippen LogP contribution >= 0.6 is 0 Å². The van der Waals surface area contributed by atoms with E-state index in [1.165, 1.54) is 17.5 Å². The third kappa shape index (κ3) is 2.45. The summed E-state index contributed by atoms with van der Waals surface area (Å²) in [6, 6.07) is 8.68. The molecule has 1 aromatic rings. The van der Waals surface area contributed by atoms with Gasteiger partial charge in [0.05, 0.1) is 6.61 Å². The normalized spacial score (nSPS) is 22.2. The third-order valence-electron chi connectivity index (χ3n) is 3.63. The van der Waals surface area contributed by atoms with Crippen LogP contribution in [0.2, 0.25) is 0 Å². The first-order chi connectivity index (χ1) is 7.83. The number of nitrogens with two attached hydrogens (primary N) is 1. The van der Waals surface area contributed by atoms with Crippen molar-refractivity contribution in [2.24, 2.45) is 11.7 Å². The number of ether oxygens (including phenoxy) is 1. The van der Waals surface area contributed by atoms with Crippen LogP contribution in [0.5, 0.6) is 0 Å². The molecule has 2 nitrogen and oxygen atoms in total. The molecule has 1 saturated heterocycles. The van der Waals surface area contributed by atoms with Crippen molar-refractivity contribution in [1.29, 1.82) is 0 Å². The quantitative estimate of drug-likeness (QED) is 0.843. The van der Waals surface area contributed by atoms with Crippen molar-refractivity contribution in [1.82, 2.24) is 0 Å². The predicted octanol–water partition coefficient (Wildman–Crippen LogP) is 2.33. The SMILES string of the molecule is CC(c1ccccc1CCN)C1CCOC1. The number of rotatable bonds is 4. The molecule has 0 bridgehead atoms. The number of hydrogen-bond donors (Lipinski definition) is 1. The van der Waals surface area contributed by atoms with Crippen LogP contribution in [0.3, 0.4) is 0 Å². The highest BCUT2D eigenvalue weighted by atomic mass is 16.5. The molecule has 16 heavy (non-hydrogen) atoms. The first kappa shape index (κ1) is 11.6. The lowest BCUT2D eigenvalue weighted by atomic mass is 9.84. The van der Waals surface area contributed by atoms with Gasteiger partial charge in [-0.2, -0.15) is 0 Å². The zero-order chi connectivity index (χ0) is 11.4. The van der Waals surface area contributed by atoms with Crippen molar-refractivity contribution in [3.63, 3.8) is 0 Å². The summed E-state index contributed by atoms with van der Waals surface area (Å²) in [5.74, 6) is 1.27. The Morgan fingerprint density at radius 2 is 2.25 bits per heavy atom. The second-order valence-electron chi connectivity index (χ2n) is 4.65. The molecule has 1 fully saturated rings. The Labute approximate surface area is 97.8 Å². The Morgan fingerprint density at radius 1 is 1.44 bits per heavy atom. The fraction of sp³-hybridized carbons (Fsp3) is 0.571. The predicted molar refractivity (Wildman–Crippen MR) is 66.5 cm³/mol. The Bertz CT molecular complexity index is 331. The van der Waals surface area contributed by atoms with Gasteiger partial charge in [0, 0.05) is 6.61 Å². The molecule has 2 unspecified atom stereocenters. The fourth-order valence-corrected chi connectivity index (χ4v) is 2.56. The van der Waals surface area contributed by atoms with E-state index in [1.807, 2.05) is 0 Å². The van der Waals surface area contributed by atoms with Crippen molar-refractivity contribution in [3.8, 4) is 0 Å². The molecule has 0 amide bonds. The summed E-state index contributed by atoms with van der Waals surface area (Å²) in [6.45, 7) is 4.88. The summed E-state index contributed by atoms with van der Waals surface area (Å²) in [7, 11) is 0. The molecule has 1 aliphatic heterocycles. The zero-order valence-corrected chi connectivity index (χ0v) is 9.99. The van der Waals surface area contributed by atoms with Crippen LogP contribution in [0.15, 0.2) is 24.3 Å². The van der Waals surface area contributed by atoms with Gasteiger partial charge in [-0.1, -0.05) is 31.2 Å². The molecule has 2 N–H and O–H groups in total. The van der Waals surface area contributed by atoms with Crippen LogP contribution in [0.25, 0.3) is 0 Å². The van der Waals surface area contributed by atoms with E-state index < -0.39 is 0 Å². The Kier molecular flexibility index (Phi) is 3.97. The van der Waals surface area contributed by atoms with Gasteiger partial charge in [0.1, 0.15) is 0 Å². The molecule has 2 atom stereocenters. The van der Waals surface area contributed by atoms with Gasteiger partial charge in [0.2, 0.25) is 0 Å². The molecule has 0 radical (unpaired) electrons. The van der Waals surface area contributed by atoms with Crippen LogP contribution in [0, 0.1) is 5.92 Å². The molecule has 0 spiro atoms. The first-order valence-corrected chi connectivity index (χ1v) is 6.18. The standard InChI is InChI=1S/C14H21NO/c1-11(13-7-9-16-10-13)14-5-3-2-4-12(14)6-8-15/h2-5,11,13H,6-10,15H2,1H3. The topological polar surface area (TPSA) is 35.2 Å². The maximum Gasteiger partial charge on any atom is 0.0500 e. The number of benzene rings is 1. The molecular formula is C14H21NO. The smallest absolute Gasteiger partial charge is 0.0500 e. The van der Waals surface area contributed by atoms with E-state index in [0.717, 1.165) is 26.2 Å². The van der Waals surface area contributed by atoms with E-state index in [0.29, 0.717) is 11.8 Å². The summed E-state index contributed by atoms with van der Waals surface area (Å²) in [4.78, 5) is 0. The van der Waals surface area contributed by atoms with Gasteiger partial charge in [0.15, 0.2) is 0 Å². The van der Waals surface area contributed by atoms with Crippen LogP contribution in [-0.4, -0.2) is 19.8 Å². The van der Waals surface area contributed by atoms with Gasteiger partial charge in [-0.3, -0.25) is 0 Å². The van der Waals surface area contributed by atoms with Gasteiger partial charge < -0.3 is 10.5 Å². The maximum absolute atomic E-state index is 5.66. The van der Waals surface area contributed by atoms with Crippen LogP contribution in [0.4, 0.5) is 0 Å². The molecule has 0 aromatic heterocycles. The summed E-state index contributed by atoms with van der Waals surface area (Å²) in [5, 5.41) is 0. The third-order valence-corrected chi connectivity index (χ3v) is 3.63. The molecule has 2 heteroatoms. The van der Waals surface area contributed by atoms with Crippen LogP contribution in [0.1, 0.15) is 30.4 Å². The lowest BCUT2D eigenvalue weighted by molar-refractivity contribution is 0.181. The van der Waals surface area contributed by atoms with Gasteiger partial charge in [-0.25, -0.2) is 0 Å². The Hall–Kier alpha value is -0.860. The van der Waals surface area contributed by atoms with Crippen LogP contribution in [-0.2, 0) is 11.2 Å². The monoisotopic (exact) mass is 219 g/mol. The molecule has 0 aliphatic carbocycles. The van der Waals surface area contributed by atoms with E-state index >= 15 is 0 Å². The van der Waals surface area contributed by atoms with E-state index in [1.54, 1.807) is 0 Å². The molecule has 0 saturated carbocycles. The second-order valence-corrected chi connectivity index (χ2v) is 4.65. The van der Waals surface area contributed by atoms with Gasteiger partial charge >= 0.3 is 0 Å². The van der Waals surface area contributed by atoms with Crippen LogP contribution < -0.4 is 5.73 Å². The lowest BCUT2D eigenvalue weighted by Gasteiger charge is -2.21. The molecule has 1 heterocycles. The van der Waals surface area contributed by atoms with E-state index in [-0.39, 0.29) is 0 Å². The molecule has 2 rings (SSSR count). The minimum atomic E-state index is 0.588. The van der Waals surface area contributed by atoms with Crippen molar-refractivity contribution in [2.45, 2.75) is 25.7 Å². The summed E-state index contributed by atoms with van der Waals surface area (Å²) >= 11 is 0. The van der Waals surface area contributed by atoms with Gasteiger partial charge in [-0.15, -0.1) is 0 Å². The zero-order valence-electron chi connectivity index (χ0n) is 9.99. The largest absolute Gasteiger partial charge is 0.381 e. The second kappa shape index (κ2) is 5.46. The highest BCUT2D eigenvalue weighted by Crippen LogP contribution is 2.32. The average Bonchev–Trinajstić information content (AvgIpc) is 2.83. The maximum atomic E-state index is 5.66. The summed E-state index contributed by atoms with van der Waals surface area (Å²) in [6.07, 6.45) is 2.17. The first-order valence-electron chi connectivity index (χ1n) is 6.18. The summed E-state index contributed by atoms with van der Waals surface area (Å²) < 4.78 is 5.47. The Balaban J connectivity index is 2.17. The Morgan fingerprint density at radius 3 is 2.94 bits per heavy atom. The van der Waals surface area contributed by atoms with Crippen molar-refractivity contribution in [2.75, 3.05) is 19.8 Å². The highest BCUT2D eigenvalue weighted by molar-refractivity contribution is 5.31. The highest BCUT2D eigenvalue weighted by Gasteiger charge is 2.24. The molecule has 88 valence electrons. The lowest BCUT2D eigenvalue weighted by Crippen LogP contribution is -2.13. The minimum Gasteiger partial charge on any atom is -0.381 e. The number of hydrogen-bond acceptors (Lipinski definition) is 2. The fourth-order valence-electron chi connectivity index (χ4n) is 2.56. The molecule has 1 aliphatic rings. The summed E-state index contributed by atoms with van der Waals surface area (Å²) in [5.41, 5.74) is 8.53. The minimum absolute atomic E-state index is 0.588. The van der Waals surface area contributed by atoms with Crippen molar-refractivity contribution < 1.29 is 4.74 Å². The van der Waals surface area contributed by atoms with Crippen molar-refractivity contribution in [3.05, 3.63) is 35.4 Å². The molecular weight excluding hydrogens is 198 g/mol. The van der Waals surface area contributed by atoms with E-state index in [4.69, 9.17) is 10.5 Å². The van der Waals surface area contributed by atoms with Gasteiger partial charge in [-0.05, 0) is 42.3 Å². The van der Waals surface area contributed by atoms with Gasteiger partial charge in [0.25, 0.3) is 0 Å². The van der Waals surface area contributed by atoms with Crippen molar-refractivity contribution >= 4 is 0 Å². The van der Waals surface area contributed by atoms with E-state index in [2.05, 4.69) is 31.2 Å². The molecule has 1 aromatic carbocycles. The van der Waals surface area contributed by atoms with E-state index in [9.17, 15) is 0 Å².